The van der Waals surface area contributed by atoms with Crippen molar-refractivity contribution < 1.29 is 23.1 Å². The van der Waals surface area contributed by atoms with Crippen LogP contribution in [0.5, 0.6) is 0 Å². The van der Waals surface area contributed by atoms with Crippen LogP contribution in [-0.2, 0) is 4.79 Å². The highest BCUT2D eigenvalue weighted by Gasteiger charge is 2.59. The highest BCUT2D eigenvalue weighted by molar-refractivity contribution is 5.84. The zero-order chi connectivity index (χ0) is 15.0. The van der Waals surface area contributed by atoms with Crippen LogP contribution in [0.1, 0.15) is 17.5 Å². The van der Waals surface area contributed by atoms with E-state index >= 15 is 0 Å². The van der Waals surface area contributed by atoms with E-state index in [1.165, 1.54) is 12.2 Å². The lowest BCUT2D eigenvalue weighted by atomic mass is 9.75. The number of carbonyl (C=O) groups is 1. The Morgan fingerprint density at radius 1 is 1.30 bits per heavy atom. The maximum Gasteiger partial charge on any atom is 0.408 e. The number of carboxylic acid groups (broad SMARTS) is 1. The third-order valence-corrected chi connectivity index (χ3v) is 3.53. The molecule has 1 aromatic carbocycles. The van der Waals surface area contributed by atoms with Crippen LogP contribution in [0.4, 0.5) is 13.2 Å². The fraction of sp³-hybridized carbons (Fsp3) is 0.267. The molecule has 20 heavy (non-hydrogen) atoms. The molecule has 5 heteroatoms. The molecule has 0 fully saturated rings. The van der Waals surface area contributed by atoms with Crippen LogP contribution in [0.3, 0.4) is 0 Å². The Hall–Kier alpha value is -2.04. The summed E-state index contributed by atoms with van der Waals surface area (Å²) in [6.45, 7) is 1.78. The molecule has 1 aliphatic rings. The molecule has 1 aromatic rings. The van der Waals surface area contributed by atoms with E-state index in [9.17, 15) is 18.0 Å². The average Bonchev–Trinajstić information content (AvgIpc) is 2.38. The summed E-state index contributed by atoms with van der Waals surface area (Å²) in [4.78, 5) is 11.2. The number of carboxylic acids is 1. The number of rotatable bonds is 2. The molecule has 2 rings (SSSR count). The molecule has 1 aliphatic carbocycles. The molecule has 0 bridgehead atoms. The SMILES string of the molecule is Cc1ccccc1C1=CC=CC(C(=O)O)(C(F)(F)F)C1. The van der Waals surface area contributed by atoms with Crippen LogP contribution < -0.4 is 0 Å². The second kappa shape index (κ2) is 4.81. The van der Waals surface area contributed by atoms with Gasteiger partial charge >= 0.3 is 12.1 Å². The zero-order valence-corrected chi connectivity index (χ0v) is 10.7. The molecule has 0 aromatic heterocycles. The Labute approximate surface area is 114 Å². The van der Waals surface area contributed by atoms with E-state index in [1.807, 2.05) is 0 Å². The van der Waals surface area contributed by atoms with Crippen molar-refractivity contribution in [3.05, 3.63) is 53.6 Å². The summed E-state index contributed by atoms with van der Waals surface area (Å²) in [5, 5.41) is 9.06. The number of aliphatic carboxylic acids is 1. The predicted molar refractivity (Wildman–Crippen MR) is 69.0 cm³/mol. The first kappa shape index (κ1) is 14.4. The molecular formula is C15H13F3O2. The lowest BCUT2D eigenvalue weighted by Gasteiger charge is -2.32. The highest BCUT2D eigenvalue weighted by Crippen LogP contribution is 2.48. The average molecular weight is 282 g/mol. The smallest absolute Gasteiger partial charge is 0.408 e. The number of halogens is 3. The summed E-state index contributed by atoms with van der Waals surface area (Å²) in [6, 6.07) is 6.98. The fourth-order valence-electron chi connectivity index (χ4n) is 2.33. The number of hydrogen-bond acceptors (Lipinski definition) is 1. The molecule has 1 unspecified atom stereocenters. The maximum absolute atomic E-state index is 13.2. The van der Waals surface area contributed by atoms with Crippen LogP contribution in [-0.4, -0.2) is 17.3 Å². The third-order valence-electron chi connectivity index (χ3n) is 3.53. The molecule has 0 spiro atoms. The molecule has 0 radical (unpaired) electrons. The van der Waals surface area contributed by atoms with Gasteiger partial charge < -0.3 is 5.11 Å². The van der Waals surface area contributed by atoms with Crippen LogP contribution in [0.15, 0.2) is 42.5 Å². The van der Waals surface area contributed by atoms with E-state index in [4.69, 9.17) is 5.11 Å². The summed E-state index contributed by atoms with van der Waals surface area (Å²) in [6.07, 6.45) is -2.00. The van der Waals surface area contributed by atoms with Gasteiger partial charge in [0.2, 0.25) is 0 Å². The number of alkyl halides is 3. The number of hydrogen-bond donors (Lipinski definition) is 1. The first-order chi connectivity index (χ1) is 9.28. The standard InChI is InChI=1S/C15H13F3O2/c1-10-5-2-3-7-12(10)11-6-4-8-14(9-11,13(19)20)15(16,17)18/h2-8H,9H2,1H3,(H,19,20). The lowest BCUT2D eigenvalue weighted by molar-refractivity contribution is -0.216. The van der Waals surface area contributed by atoms with E-state index < -0.39 is 24.0 Å². The fourth-order valence-corrected chi connectivity index (χ4v) is 2.33. The van der Waals surface area contributed by atoms with Gasteiger partial charge in [0.1, 0.15) is 0 Å². The van der Waals surface area contributed by atoms with Crippen molar-refractivity contribution in [1.82, 2.24) is 0 Å². The van der Waals surface area contributed by atoms with Gasteiger partial charge in [-0.1, -0.05) is 42.5 Å². The minimum atomic E-state index is -4.84. The first-order valence-corrected chi connectivity index (χ1v) is 6.02. The Morgan fingerprint density at radius 2 is 1.95 bits per heavy atom. The Morgan fingerprint density at radius 3 is 2.50 bits per heavy atom. The van der Waals surface area contributed by atoms with E-state index in [0.717, 1.165) is 11.6 Å². The van der Waals surface area contributed by atoms with Crippen LogP contribution in [0.25, 0.3) is 5.57 Å². The van der Waals surface area contributed by atoms with Gasteiger partial charge in [0, 0.05) is 6.42 Å². The van der Waals surface area contributed by atoms with Gasteiger partial charge in [-0.3, -0.25) is 4.79 Å². The van der Waals surface area contributed by atoms with Crippen molar-refractivity contribution in [2.75, 3.05) is 0 Å². The molecular weight excluding hydrogens is 269 g/mol. The van der Waals surface area contributed by atoms with Crippen molar-refractivity contribution in [1.29, 1.82) is 0 Å². The number of allylic oxidation sites excluding steroid dienone is 3. The maximum atomic E-state index is 13.2. The molecule has 0 saturated carbocycles. The van der Waals surface area contributed by atoms with Gasteiger partial charge in [0.25, 0.3) is 0 Å². The van der Waals surface area contributed by atoms with E-state index in [2.05, 4.69) is 0 Å². The van der Waals surface area contributed by atoms with Gasteiger partial charge in [-0.05, 0) is 23.6 Å². The van der Waals surface area contributed by atoms with Gasteiger partial charge in [-0.25, -0.2) is 0 Å². The van der Waals surface area contributed by atoms with Crippen molar-refractivity contribution >= 4 is 11.5 Å². The van der Waals surface area contributed by atoms with Gasteiger partial charge in [-0.15, -0.1) is 0 Å². The first-order valence-electron chi connectivity index (χ1n) is 6.02. The quantitative estimate of drug-likeness (QED) is 0.891. The second-order valence-corrected chi connectivity index (χ2v) is 4.82. The summed E-state index contributed by atoms with van der Waals surface area (Å²) in [7, 11) is 0. The predicted octanol–water partition coefficient (Wildman–Crippen LogP) is 3.97. The largest absolute Gasteiger partial charge is 0.480 e. The van der Waals surface area contributed by atoms with Crippen LogP contribution in [0.2, 0.25) is 0 Å². The summed E-state index contributed by atoms with van der Waals surface area (Å²) in [5.74, 6) is -1.87. The van der Waals surface area contributed by atoms with E-state index in [0.29, 0.717) is 11.1 Å². The topological polar surface area (TPSA) is 37.3 Å². The molecule has 106 valence electrons. The monoisotopic (exact) mass is 282 g/mol. The Bertz CT molecular complexity index is 599. The number of aryl methyl sites for hydroxylation is 1. The van der Waals surface area contributed by atoms with Gasteiger partial charge in [-0.2, -0.15) is 13.2 Å². The molecule has 0 saturated heterocycles. The summed E-state index contributed by atoms with van der Waals surface area (Å²) >= 11 is 0. The van der Waals surface area contributed by atoms with Crippen molar-refractivity contribution in [3.8, 4) is 0 Å². The highest BCUT2D eigenvalue weighted by atomic mass is 19.4. The lowest BCUT2D eigenvalue weighted by Crippen LogP contribution is -2.44. The molecule has 0 aliphatic heterocycles. The van der Waals surface area contributed by atoms with Crippen molar-refractivity contribution in [2.24, 2.45) is 5.41 Å². The van der Waals surface area contributed by atoms with Crippen LogP contribution in [0, 0.1) is 12.3 Å². The van der Waals surface area contributed by atoms with E-state index in [-0.39, 0.29) is 0 Å². The minimum absolute atomic E-state index is 0.380. The Kier molecular flexibility index (Phi) is 3.46. The molecule has 0 amide bonds. The Balaban J connectivity index is 2.48. The van der Waals surface area contributed by atoms with E-state index in [1.54, 1.807) is 31.2 Å². The van der Waals surface area contributed by atoms with Crippen molar-refractivity contribution in [3.63, 3.8) is 0 Å². The third kappa shape index (κ3) is 2.24. The van der Waals surface area contributed by atoms with Gasteiger partial charge in [0.15, 0.2) is 5.41 Å². The summed E-state index contributed by atoms with van der Waals surface area (Å²) in [5.41, 5.74) is -1.01. The molecule has 2 nitrogen and oxygen atoms in total. The second-order valence-electron chi connectivity index (χ2n) is 4.82. The summed E-state index contributed by atoms with van der Waals surface area (Å²) < 4.78 is 39.5. The van der Waals surface area contributed by atoms with Gasteiger partial charge in [0.05, 0.1) is 0 Å². The molecule has 0 heterocycles. The van der Waals surface area contributed by atoms with Crippen LogP contribution >= 0.6 is 0 Å². The number of benzene rings is 1. The zero-order valence-electron chi connectivity index (χ0n) is 10.7. The molecule has 1 atom stereocenters. The van der Waals surface area contributed by atoms with Crippen molar-refractivity contribution in [2.45, 2.75) is 19.5 Å². The minimum Gasteiger partial charge on any atom is -0.480 e. The normalized spacial score (nSPS) is 22.5. The molecule has 1 N–H and O–H groups in total.